The fourth-order valence-corrected chi connectivity index (χ4v) is 4.66. The van der Waals surface area contributed by atoms with Gasteiger partial charge < -0.3 is 19.5 Å². The van der Waals surface area contributed by atoms with E-state index in [1.165, 1.54) is 12.1 Å². The highest BCUT2D eigenvalue weighted by molar-refractivity contribution is 6.32. The molecular weight excluding hydrogens is 447 g/mol. The van der Waals surface area contributed by atoms with E-state index in [0.29, 0.717) is 23.6 Å². The van der Waals surface area contributed by atoms with Gasteiger partial charge in [-0.25, -0.2) is 9.18 Å². The van der Waals surface area contributed by atoms with E-state index < -0.39 is 0 Å². The molecule has 170 valence electrons. The third-order valence-corrected chi connectivity index (χ3v) is 6.38. The Bertz CT molecular complexity index is 1430. The monoisotopic (exact) mass is 468 g/mol. The first-order valence-electron chi connectivity index (χ1n) is 10.9. The number of nitrogens with one attached hydrogen (secondary N) is 2. The number of fused-ring (bicyclic) bond motifs is 4. The Morgan fingerprint density at radius 1 is 1.15 bits per heavy atom. The average Bonchev–Trinajstić information content (AvgIpc) is 3.20. The first kappa shape index (κ1) is 21.5. The molecule has 0 radical (unpaired) electrons. The molecule has 1 aliphatic carbocycles. The summed E-state index contributed by atoms with van der Waals surface area (Å²) in [5, 5.41) is 4.77. The third kappa shape index (κ3) is 4.33. The summed E-state index contributed by atoms with van der Waals surface area (Å²) in [5.41, 5.74) is 3.58. The van der Waals surface area contributed by atoms with E-state index in [4.69, 9.17) is 20.8 Å². The number of rotatable bonds is 6. The third-order valence-electron chi connectivity index (χ3n) is 6.08. The Labute approximate surface area is 193 Å². The number of H-pyrrole nitrogens is 1. The quantitative estimate of drug-likeness (QED) is 0.402. The van der Waals surface area contributed by atoms with Gasteiger partial charge in [-0.05, 0) is 67.5 Å². The summed E-state index contributed by atoms with van der Waals surface area (Å²) in [6.07, 6.45) is 5.90. The zero-order valence-electron chi connectivity index (χ0n) is 17.8. The Morgan fingerprint density at radius 3 is 2.82 bits per heavy atom. The predicted molar refractivity (Wildman–Crippen MR) is 125 cm³/mol. The van der Waals surface area contributed by atoms with Crippen LogP contribution in [0.1, 0.15) is 29.5 Å². The van der Waals surface area contributed by atoms with Crippen molar-refractivity contribution in [3.05, 3.63) is 74.5 Å². The molecule has 0 saturated heterocycles. The number of hydrogen-bond acceptors (Lipinski definition) is 4. The second kappa shape index (κ2) is 8.90. The number of amides is 1. The molecule has 4 aromatic rings. The maximum atomic E-state index is 13.5. The molecule has 0 aliphatic heterocycles. The lowest BCUT2D eigenvalue weighted by molar-refractivity contribution is -0.123. The maximum absolute atomic E-state index is 13.5. The summed E-state index contributed by atoms with van der Waals surface area (Å²) in [7, 11) is 0. The normalized spacial score (nSPS) is 13.3. The molecule has 0 unspecified atom stereocenters. The molecule has 8 heteroatoms. The molecule has 0 fully saturated rings. The zero-order chi connectivity index (χ0) is 22.9. The van der Waals surface area contributed by atoms with Gasteiger partial charge >= 0.3 is 5.63 Å². The molecule has 33 heavy (non-hydrogen) atoms. The predicted octanol–water partition coefficient (Wildman–Crippen LogP) is 4.68. The summed E-state index contributed by atoms with van der Waals surface area (Å²) >= 11 is 6.40. The molecule has 0 saturated carbocycles. The number of carbonyl (C=O) groups is 1. The molecule has 0 bridgehead atoms. The van der Waals surface area contributed by atoms with Crippen LogP contribution in [0.2, 0.25) is 5.02 Å². The van der Waals surface area contributed by atoms with E-state index in [0.717, 1.165) is 58.7 Å². The van der Waals surface area contributed by atoms with Crippen molar-refractivity contribution in [2.45, 2.75) is 32.1 Å². The Kier molecular flexibility index (Phi) is 5.81. The highest BCUT2D eigenvalue weighted by Gasteiger charge is 2.20. The lowest BCUT2D eigenvalue weighted by Gasteiger charge is -2.17. The van der Waals surface area contributed by atoms with E-state index in [1.54, 1.807) is 18.2 Å². The van der Waals surface area contributed by atoms with Gasteiger partial charge in [0.1, 0.15) is 17.1 Å². The van der Waals surface area contributed by atoms with Crippen LogP contribution in [0.3, 0.4) is 0 Å². The van der Waals surface area contributed by atoms with Crippen molar-refractivity contribution >= 4 is 39.4 Å². The number of aryl methyl sites for hydroxylation is 1. The van der Waals surface area contributed by atoms with Crippen LogP contribution in [-0.4, -0.2) is 24.0 Å². The van der Waals surface area contributed by atoms with Gasteiger partial charge in [0.15, 0.2) is 6.61 Å². The molecule has 6 nitrogen and oxygen atoms in total. The second-order valence-corrected chi connectivity index (χ2v) is 8.63. The van der Waals surface area contributed by atoms with Crippen molar-refractivity contribution in [2.24, 2.45) is 0 Å². The molecule has 2 aromatic carbocycles. The molecule has 0 spiro atoms. The SMILES string of the molecule is O=C(COc1cc2oc(=O)c3c(c2cc1Cl)CCCC3)NCCc1c[nH]c2ccc(F)cc12. The first-order chi connectivity index (χ1) is 16.0. The fourth-order valence-electron chi connectivity index (χ4n) is 4.44. The molecule has 2 N–H and O–H groups in total. The summed E-state index contributed by atoms with van der Waals surface area (Å²) in [6, 6.07) is 7.88. The van der Waals surface area contributed by atoms with Crippen LogP contribution in [0.15, 0.2) is 45.7 Å². The summed E-state index contributed by atoms with van der Waals surface area (Å²) in [4.78, 5) is 27.7. The molecule has 0 atom stereocenters. The lowest BCUT2D eigenvalue weighted by Crippen LogP contribution is -2.30. The molecular formula is C25H22ClFN2O4. The lowest BCUT2D eigenvalue weighted by atomic mass is 9.91. The van der Waals surface area contributed by atoms with Gasteiger partial charge in [-0.2, -0.15) is 0 Å². The maximum Gasteiger partial charge on any atom is 0.339 e. The molecule has 1 aliphatic rings. The zero-order valence-corrected chi connectivity index (χ0v) is 18.6. The van der Waals surface area contributed by atoms with Gasteiger partial charge in [0.2, 0.25) is 0 Å². The molecule has 5 rings (SSSR count). The molecule has 2 heterocycles. The Balaban J connectivity index is 1.23. The number of benzene rings is 2. The van der Waals surface area contributed by atoms with Crippen molar-refractivity contribution in [2.75, 3.05) is 13.2 Å². The fraction of sp³-hybridized carbons (Fsp3) is 0.280. The van der Waals surface area contributed by atoms with E-state index >= 15 is 0 Å². The van der Waals surface area contributed by atoms with Crippen molar-refractivity contribution in [3.8, 4) is 5.75 Å². The highest BCUT2D eigenvalue weighted by atomic mass is 35.5. The van der Waals surface area contributed by atoms with Crippen LogP contribution in [0.5, 0.6) is 5.75 Å². The van der Waals surface area contributed by atoms with Crippen molar-refractivity contribution in [1.29, 1.82) is 0 Å². The first-order valence-corrected chi connectivity index (χ1v) is 11.3. The molecule has 2 aromatic heterocycles. The van der Waals surface area contributed by atoms with Gasteiger partial charge in [0, 0.05) is 40.7 Å². The highest BCUT2D eigenvalue weighted by Crippen LogP contribution is 2.34. The standard InChI is InChI=1S/C25H22ClFN2O4/c26-20-10-19-16-3-1-2-4-17(16)25(31)33-22(19)11-23(20)32-13-24(30)28-8-7-14-12-29-21-6-5-15(27)9-18(14)21/h5-6,9-12,29H,1-4,7-8,13H2,(H,28,30). The largest absolute Gasteiger partial charge is 0.482 e. The minimum atomic E-state index is -0.319. The summed E-state index contributed by atoms with van der Waals surface area (Å²) in [6.45, 7) is 0.140. The minimum absolute atomic E-state index is 0.233. The van der Waals surface area contributed by atoms with Crippen LogP contribution in [0.25, 0.3) is 21.9 Å². The van der Waals surface area contributed by atoms with E-state index in [2.05, 4.69) is 10.3 Å². The number of aromatic nitrogens is 1. The number of halogens is 2. The number of hydrogen-bond donors (Lipinski definition) is 2. The molecule has 1 amide bonds. The van der Waals surface area contributed by atoms with Crippen molar-refractivity contribution in [1.82, 2.24) is 10.3 Å². The van der Waals surface area contributed by atoms with Gasteiger partial charge in [-0.3, -0.25) is 4.79 Å². The van der Waals surface area contributed by atoms with E-state index in [1.807, 2.05) is 6.20 Å². The van der Waals surface area contributed by atoms with Gasteiger partial charge in [0.25, 0.3) is 5.91 Å². The van der Waals surface area contributed by atoms with E-state index in [9.17, 15) is 14.0 Å². The average molecular weight is 469 g/mol. The number of ether oxygens (including phenoxy) is 1. The van der Waals surface area contributed by atoms with Gasteiger partial charge in [-0.15, -0.1) is 0 Å². The van der Waals surface area contributed by atoms with Gasteiger partial charge in [-0.1, -0.05) is 11.6 Å². The Morgan fingerprint density at radius 2 is 1.97 bits per heavy atom. The summed E-state index contributed by atoms with van der Waals surface area (Å²) < 4.78 is 24.6. The number of aromatic amines is 1. The van der Waals surface area contributed by atoms with Crippen LogP contribution in [0, 0.1) is 5.82 Å². The topological polar surface area (TPSA) is 84.3 Å². The number of carbonyl (C=O) groups excluding carboxylic acids is 1. The van der Waals surface area contributed by atoms with Crippen LogP contribution >= 0.6 is 11.6 Å². The minimum Gasteiger partial charge on any atom is -0.482 e. The second-order valence-electron chi connectivity index (χ2n) is 8.22. The Hall–Kier alpha value is -3.32. The van der Waals surface area contributed by atoms with Crippen molar-refractivity contribution < 1.29 is 18.3 Å². The summed E-state index contributed by atoms with van der Waals surface area (Å²) in [5.74, 6) is -0.334. The van der Waals surface area contributed by atoms with Crippen LogP contribution in [-0.2, 0) is 24.1 Å². The van der Waals surface area contributed by atoms with E-state index in [-0.39, 0.29) is 29.7 Å². The van der Waals surface area contributed by atoms with Crippen LogP contribution in [0.4, 0.5) is 4.39 Å². The van der Waals surface area contributed by atoms with Gasteiger partial charge in [0.05, 0.1) is 5.02 Å². The van der Waals surface area contributed by atoms with Crippen molar-refractivity contribution in [3.63, 3.8) is 0 Å². The van der Waals surface area contributed by atoms with Crippen LogP contribution < -0.4 is 15.7 Å². The smallest absolute Gasteiger partial charge is 0.339 e.